The first kappa shape index (κ1) is 17.0. The summed E-state index contributed by atoms with van der Waals surface area (Å²) in [6.45, 7) is 4.37. The number of nitrogens with one attached hydrogen (secondary N) is 2. The first-order chi connectivity index (χ1) is 11.7. The monoisotopic (exact) mass is 345 g/mol. The molecule has 0 spiro atoms. The highest BCUT2D eigenvalue weighted by molar-refractivity contribution is 6.32. The lowest BCUT2D eigenvalue weighted by molar-refractivity contribution is 0.144. The van der Waals surface area contributed by atoms with Gasteiger partial charge in [-0.25, -0.2) is 9.97 Å². The van der Waals surface area contributed by atoms with Gasteiger partial charge >= 0.3 is 0 Å². The molecule has 1 aliphatic heterocycles. The van der Waals surface area contributed by atoms with E-state index in [0.29, 0.717) is 17.2 Å². The van der Waals surface area contributed by atoms with Crippen LogP contribution in [0.2, 0.25) is 5.15 Å². The maximum absolute atomic E-state index is 6.13. The van der Waals surface area contributed by atoms with E-state index in [1.165, 1.54) is 11.9 Å². The summed E-state index contributed by atoms with van der Waals surface area (Å²) in [5.41, 5.74) is 2.13. The number of hydrogen-bond acceptors (Lipinski definition) is 5. The summed E-state index contributed by atoms with van der Waals surface area (Å²) in [6.07, 6.45) is 3.67. The molecule has 0 saturated carbocycles. The highest BCUT2D eigenvalue weighted by atomic mass is 35.5. The van der Waals surface area contributed by atoms with E-state index >= 15 is 0 Å². The smallest absolute Gasteiger partial charge is 0.157 e. The van der Waals surface area contributed by atoms with Gasteiger partial charge < -0.3 is 10.6 Å². The van der Waals surface area contributed by atoms with E-state index in [-0.39, 0.29) is 0 Å². The minimum Gasteiger partial charge on any atom is -0.383 e. The van der Waals surface area contributed by atoms with Crippen LogP contribution in [-0.4, -0.2) is 40.5 Å². The number of rotatable bonds is 5. The van der Waals surface area contributed by atoms with Crippen LogP contribution in [0.1, 0.15) is 25.3 Å². The standard InChI is InChI=1S/C18H24ClN5/c1-13-10-15(23-18-16(20-2)17(19)21-12-22-18)8-9-24(13)11-14-6-4-3-5-7-14/h3-7,12-13,15,20H,8-11H2,1-2H3,(H,21,22,23). The zero-order valence-electron chi connectivity index (χ0n) is 14.2. The van der Waals surface area contributed by atoms with Gasteiger partial charge in [0.15, 0.2) is 11.0 Å². The molecule has 0 amide bonds. The third kappa shape index (κ3) is 3.97. The topological polar surface area (TPSA) is 53.1 Å². The van der Waals surface area contributed by atoms with Gasteiger partial charge in [-0.05, 0) is 25.3 Å². The fourth-order valence-corrected chi connectivity index (χ4v) is 3.52. The lowest BCUT2D eigenvalue weighted by Crippen LogP contribution is -2.44. The minimum absolute atomic E-state index is 0.394. The normalized spacial score (nSPS) is 21.5. The molecule has 24 heavy (non-hydrogen) atoms. The molecule has 3 rings (SSSR count). The third-order valence-corrected chi connectivity index (χ3v) is 4.92. The van der Waals surface area contributed by atoms with Gasteiger partial charge in [0.1, 0.15) is 12.0 Å². The lowest BCUT2D eigenvalue weighted by Gasteiger charge is -2.38. The molecule has 1 aromatic heterocycles. The van der Waals surface area contributed by atoms with Gasteiger partial charge in [-0.3, -0.25) is 4.90 Å². The molecule has 5 nitrogen and oxygen atoms in total. The van der Waals surface area contributed by atoms with E-state index in [1.807, 2.05) is 7.05 Å². The van der Waals surface area contributed by atoms with Crippen molar-refractivity contribution in [2.24, 2.45) is 0 Å². The molecule has 128 valence electrons. The number of nitrogens with zero attached hydrogens (tertiary/aromatic N) is 3. The van der Waals surface area contributed by atoms with Crippen LogP contribution in [0.25, 0.3) is 0 Å². The summed E-state index contributed by atoms with van der Waals surface area (Å²) >= 11 is 6.13. The van der Waals surface area contributed by atoms with Crippen LogP contribution in [0.5, 0.6) is 0 Å². The molecule has 1 aromatic carbocycles. The molecule has 1 saturated heterocycles. The van der Waals surface area contributed by atoms with Gasteiger partial charge in [0.25, 0.3) is 0 Å². The van der Waals surface area contributed by atoms with Gasteiger partial charge in [0, 0.05) is 32.2 Å². The van der Waals surface area contributed by atoms with Crippen molar-refractivity contribution in [3.63, 3.8) is 0 Å². The van der Waals surface area contributed by atoms with Crippen LogP contribution < -0.4 is 10.6 Å². The van der Waals surface area contributed by atoms with Gasteiger partial charge in [-0.2, -0.15) is 0 Å². The summed E-state index contributed by atoms with van der Waals surface area (Å²) in [6, 6.07) is 11.6. The minimum atomic E-state index is 0.394. The molecule has 2 heterocycles. The van der Waals surface area contributed by atoms with Crippen LogP contribution in [0, 0.1) is 0 Å². The Labute approximate surface area is 148 Å². The number of hydrogen-bond donors (Lipinski definition) is 2. The molecule has 0 bridgehead atoms. The van der Waals surface area contributed by atoms with Crippen molar-refractivity contribution < 1.29 is 0 Å². The van der Waals surface area contributed by atoms with E-state index in [9.17, 15) is 0 Å². The Balaban J connectivity index is 1.61. The van der Waals surface area contributed by atoms with E-state index in [4.69, 9.17) is 11.6 Å². The van der Waals surface area contributed by atoms with E-state index in [0.717, 1.165) is 37.4 Å². The molecular formula is C18H24ClN5. The van der Waals surface area contributed by atoms with E-state index in [2.05, 4.69) is 62.8 Å². The predicted molar refractivity (Wildman–Crippen MR) is 99.5 cm³/mol. The zero-order chi connectivity index (χ0) is 16.9. The lowest BCUT2D eigenvalue weighted by atomic mass is 9.97. The summed E-state index contributed by atoms with van der Waals surface area (Å²) in [4.78, 5) is 10.9. The first-order valence-corrected chi connectivity index (χ1v) is 8.78. The molecule has 2 N–H and O–H groups in total. The number of benzene rings is 1. The van der Waals surface area contributed by atoms with E-state index < -0.39 is 0 Å². The Hall–Kier alpha value is -1.85. The number of halogens is 1. The average molecular weight is 346 g/mol. The molecule has 1 fully saturated rings. The van der Waals surface area contributed by atoms with Crippen molar-refractivity contribution in [3.8, 4) is 0 Å². The van der Waals surface area contributed by atoms with Crippen molar-refractivity contribution in [1.82, 2.24) is 14.9 Å². The largest absolute Gasteiger partial charge is 0.383 e. The van der Waals surface area contributed by atoms with Crippen LogP contribution >= 0.6 is 11.6 Å². The summed E-state index contributed by atoms with van der Waals surface area (Å²) in [5, 5.41) is 7.06. The highest BCUT2D eigenvalue weighted by Crippen LogP contribution is 2.28. The van der Waals surface area contributed by atoms with Crippen molar-refractivity contribution in [2.75, 3.05) is 24.2 Å². The van der Waals surface area contributed by atoms with Gasteiger partial charge in [0.05, 0.1) is 0 Å². The number of piperidine rings is 1. The van der Waals surface area contributed by atoms with Crippen LogP contribution in [-0.2, 0) is 6.54 Å². The number of anilines is 2. The van der Waals surface area contributed by atoms with Crippen molar-refractivity contribution in [3.05, 3.63) is 47.4 Å². The van der Waals surface area contributed by atoms with Crippen molar-refractivity contribution in [1.29, 1.82) is 0 Å². The van der Waals surface area contributed by atoms with E-state index in [1.54, 1.807) is 0 Å². The highest BCUT2D eigenvalue weighted by Gasteiger charge is 2.26. The summed E-state index contributed by atoms with van der Waals surface area (Å²) in [7, 11) is 1.83. The maximum atomic E-state index is 6.13. The van der Waals surface area contributed by atoms with Gasteiger partial charge in [-0.15, -0.1) is 0 Å². The van der Waals surface area contributed by atoms with Gasteiger partial charge in [-0.1, -0.05) is 41.9 Å². The second-order valence-electron chi connectivity index (χ2n) is 6.31. The number of aromatic nitrogens is 2. The van der Waals surface area contributed by atoms with Crippen molar-refractivity contribution in [2.45, 2.75) is 38.4 Å². The molecule has 2 unspecified atom stereocenters. The maximum Gasteiger partial charge on any atom is 0.157 e. The van der Waals surface area contributed by atoms with Gasteiger partial charge in [0.2, 0.25) is 0 Å². The summed E-state index contributed by atoms with van der Waals surface area (Å²) < 4.78 is 0. The molecule has 6 heteroatoms. The molecule has 1 aliphatic rings. The predicted octanol–water partition coefficient (Wildman–Crippen LogP) is 3.64. The third-order valence-electron chi connectivity index (χ3n) is 4.63. The van der Waals surface area contributed by atoms with Crippen LogP contribution in [0.3, 0.4) is 0 Å². The fraction of sp³-hybridized carbons (Fsp3) is 0.444. The Morgan fingerprint density at radius 1 is 1.25 bits per heavy atom. The Bertz CT molecular complexity index is 664. The first-order valence-electron chi connectivity index (χ1n) is 8.40. The second kappa shape index (κ2) is 7.81. The Morgan fingerprint density at radius 2 is 2.04 bits per heavy atom. The quantitative estimate of drug-likeness (QED) is 0.810. The van der Waals surface area contributed by atoms with Crippen LogP contribution in [0.15, 0.2) is 36.7 Å². The molecular weight excluding hydrogens is 322 g/mol. The fourth-order valence-electron chi connectivity index (χ4n) is 3.29. The molecule has 2 aromatic rings. The van der Waals surface area contributed by atoms with Crippen molar-refractivity contribution >= 4 is 23.1 Å². The summed E-state index contributed by atoms with van der Waals surface area (Å²) in [5.74, 6) is 0.784. The Kier molecular flexibility index (Phi) is 5.53. The zero-order valence-corrected chi connectivity index (χ0v) is 14.9. The molecule has 0 aliphatic carbocycles. The molecule has 0 radical (unpaired) electrons. The Morgan fingerprint density at radius 3 is 2.75 bits per heavy atom. The average Bonchev–Trinajstić information content (AvgIpc) is 2.58. The molecule has 2 atom stereocenters. The van der Waals surface area contributed by atoms with Crippen LogP contribution in [0.4, 0.5) is 11.5 Å². The number of likely N-dealkylation sites (tertiary alicyclic amines) is 1. The second-order valence-corrected chi connectivity index (χ2v) is 6.67. The SMILES string of the molecule is CNc1c(Cl)ncnc1NC1CCN(Cc2ccccc2)C(C)C1.